The molecular formula is C48H63N7O14. The number of ketones is 1. The predicted molar refractivity (Wildman–Crippen MR) is 253 cm³/mol. The van der Waals surface area contributed by atoms with Gasteiger partial charge in [-0.2, -0.15) is 5.10 Å². The summed E-state index contributed by atoms with van der Waals surface area (Å²) < 4.78 is 25.2. The molecule has 1 saturated heterocycles. The van der Waals surface area contributed by atoms with Crippen LogP contribution in [0, 0.1) is 47.6 Å². The molecule has 0 aliphatic carbocycles. The molecule has 5 bridgehead atoms. The van der Waals surface area contributed by atoms with Crippen molar-refractivity contribution in [3.8, 4) is 23.0 Å². The number of anilines is 1. The van der Waals surface area contributed by atoms with Crippen molar-refractivity contribution in [1.82, 2.24) is 19.5 Å². The minimum absolute atomic E-state index is 0.0173. The number of carbonyl (C=O) groups is 3. The van der Waals surface area contributed by atoms with Gasteiger partial charge in [0.2, 0.25) is 0 Å². The second-order valence-electron chi connectivity index (χ2n) is 18.2. The molecule has 9 atom stereocenters. The molecule has 1 aromatic heterocycles. The van der Waals surface area contributed by atoms with Crippen LogP contribution in [-0.4, -0.2) is 144 Å². The predicted octanol–water partition coefficient (Wildman–Crippen LogP) is 4.82. The number of methoxy groups -OCH3 is 1. The summed E-state index contributed by atoms with van der Waals surface area (Å²) in [5.74, 6) is -8.41. The average molecular weight is 962 g/mol. The summed E-state index contributed by atoms with van der Waals surface area (Å²) in [5.41, 5.74) is -0.617. The number of aromatic hydroxyl groups is 3. The van der Waals surface area contributed by atoms with Crippen LogP contribution >= 0.6 is 0 Å². The van der Waals surface area contributed by atoms with Crippen LogP contribution in [0.4, 0.5) is 11.5 Å². The third-order valence-electron chi connectivity index (χ3n) is 13.6. The Bertz CT molecular complexity index is 2600. The molecule has 7 rings (SSSR count). The van der Waals surface area contributed by atoms with E-state index in [4.69, 9.17) is 18.9 Å². The lowest BCUT2D eigenvalue weighted by Crippen LogP contribution is -2.46. The Labute approximate surface area is 399 Å². The van der Waals surface area contributed by atoms with Crippen LogP contribution in [-0.2, 0) is 30.3 Å². The Morgan fingerprint density at radius 1 is 0.986 bits per heavy atom. The Morgan fingerprint density at radius 2 is 1.67 bits per heavy atom. The van der Waals surface area contributed by atoms with Gasteiger partial charge in [-0.1, -0.05) is 45.9 Å². The number of nitro groups is 1. The number of hydrazone groups is 1. The monoisotopic (exact) mass is 961 g/mol. The highest BCUT2D eigenvalue weighted by Crippen LogP contribution is 2.55. The molecule has 6 N–H and O–H groups in total. The van der Waals surface area contributed by atoms with Gasteiger partial charge in [-0.05, 0) is 24.8 Å². The molecular weight excluding hydrogens is 899 g/mol. The van der Waals surface area contributed by atoms with Crippen LogP contribution < -0.4 is 10.1 Å². The third kappa shape index (κ3) is 10.4. The number of amides is 1. The number of benzene rings is 2. The Balaban J connectivity index is 1.42. The molecule has 0 saturated carbocycles. The number of carbonyl (C=O) groups excluding carboxylic acids is 3. The number of aliphatic hydroxyl groups excluding tert-OH is 2. The quantitative estimate of drug-likeness (QED) is 0.0441. The summed E-state index contributed by atoms with van der Waals surface area (Å²) >= 11 is 0. The first-order valence-electron chi connectivity index (χ1n) is 22.8. The fraction of sp³-hybridized carbons (Fsp3) is 0.521. The maximum Gasteiger partial charge on any atom is 0.342 e. The highest BCUT2D eigenvalue weighted by molar-refractivity contribution is 6.23. The number of aliphatic hydroxyl groups is 2. The number of phenols is 3. The van der Waals surface area contributed by atoms with Gasteiger partial charge in [0.1, 0.15) is 36.1 Å². The fourth-order valence-corrected chi connectivity index (χ4v) is 9.21. The molecule has 69 heavy (non-hydrogen) atoms. The standard InChI is InChI=1S/C48H63N7O14/c1-24-12-11-13-25(2)47(63)51-38-32(22-50-53-18-15-52(16-19-53)17-20-54-30(7)49-23-34(54)55(64)65)42(60)35-36(43(38)61)41(59)29(6)45-37(35)46(62)48(9,69-45)67-21-14-33(66-10)26(3)44(68-31(8)56)28(5)40(58)27(4)39(24)57/h11-14,21-24,26-28,33,39-40,44,57-61H,15-20H2,1-10H3,(H,51,63)/t24-,26+,27+,28+,33-,39-,40+,44+,48-/m0/s1. The number of hydrogen-bond donors (Lipinski definition) is 6. The first kappa shape index (κ1) is 51.8. The zero-order valence-electron chi connectivity index (χ0n) is 40.5. The van der Waals surface area contributed by atoms with Gasteiger partial charge >= 0.3 is 17.6 Å². The van der Waals surface area contributed by atoms with E-state index in [-0.39, 0.29) is 50.3 Å². The van der Waals surface area contributed by atoms with E-state index >= 15 is 0 Å². The summed E-state index contributed by atoms with van der Waals surface area (Å²) in [4.78, 5) is 58.1. The number of nitrogens with zero attached hydrogens (tertiary/aromatic N) is 6. The average Bonchev–Trinajstić information content (AvgIpc) is 3.82. The van der Waals surface area contributed by atoms with Crippen molar-refractivity contribution in [3.63, 3.8) is 0 Å². The van der Waals surface area contributed by atoms with Crippen molar-refractivity contribution >= 4 is 46.2 Å². The second-order valence-corrected chi connectivity index (χ2v) is 18.2. The maximum absolute atomic E-state index is 14.6. The van der Waals surface area contributed by atoms with Crippen LogP contribution in [0.5, 0.6) is 23.0 Å². The number of hydrogen-bond acceptors (Lipinski definition) is 18. The molecule has 4 aliphatic heterocycles. The summed E-state index contributed by atoms with van der Waals surface area (Å²) in [6, 6.07) is 0. The molecule has 3 aromatic rings. The molecule has 0 unspecified atom stereocenters. The zero-order valence-corrected chi connectivity index (χ0v) is 40.5. The number of imidazole rings is 1. The van der Waals surface area contributed by atoms with Gasteiger partial charge in [0, 0.05) is 101 Å². The highest BCUT2D eigenvalue weighted by Gasteiger charge is 2.50. The van der Waals surface area contributed by atoms with Crippen LogP contribution in [0.15, 0.2) is 47.4 Å². The van der Waals surface area contributed by atoms with E-state index in [1.807, 2.05) is 0 Å². The number of nitrogens with one attached hydrogen (secondary N) is 1. The van der Waals surface area contributed by atoms with Crippen LogP contribution in [0.3, 0.4) is 0 Å². The lowest BCUT2D eigenvalue weighted by atomic mass is 9.78. The molecule has 4 aliphatic rings. The first-order chi connectivity index (χ1) is 32.5. The third-order valence-corrected chi connectivity index (χ3v) is 13.6. The lowest BCUT2D eigenvalue weighted by molar-refractivity contribution is -0.392. The second kappa shape index (κ2) is 21.0. The van der Waals surface area contributed by atoms with E-state index in [0.717, 1.165) is 0 Å². The van der Waals surface area contributed by atoms with Crippen molar-refractivity contribution in [2.75, 3.05) is 45.2 Å². The number of rotatable bonds is 8. The number of aryl methyl sites for hydroxylation is 1. The van der Waals surface area contributed by atoms with E-state index < -0.39 is 93.7 Å². The van der Waals surface area contributed by atoms with Gasteiger partial charge in [-0.3, -0.25) is 24.3 Å². The van der Waals surface area contributed by atoms with Crippen molar-refractivity contribution < 1.29 is 63.8 Å². The minimum Gasteiger partial charge on any atom is -0.507 e. The Hall–Kier alpha value is -6.55. The summed E-state index contributed by atoms with van der Waals surface area (Å²) in [6.07, 6.45) is 5.80. The molecule has 1 fully saturated rings. The highest BCUT2D eigenvalue weighted by atomic mass is 16.7. The summed E-state index contributed by atoms with van der Waals surface area (Å²) in [5, 5.41) is 78.8. The van der Waals surface area contributed by atoms with Crippen molar-refractivity contribution in [3.05, 3.63) is 75.0 Å². The van der Waals surface area contributed by atoms with Crippen LogP contribution in [0.1, 0.15) is 75.8 Å². The molecule has 21 heteroatoms. The molecule has 5 heterocycles. The van der Waals surface area contributed by atoms with E-state index in [2.05, 4.69) is 20.3 Å². The number of esters is 1. The van der Waals surface area contributed by atoms with Crippen molar-refractivity contribution in [1.29, 1.82) is 0 Å². The number of phenolic OH excluding ortho intramolecular Hbond substituents is 3. The van der Waals surface area contributed by atoms with Gasteiger partial charge in [-0.15, -0.1) is 0 Å². The largest absolute Gasteiger partial charge is 0.507 e. The molecule has 2 aromatic carbocycles. The topological polar surface area (TPSA) is 281 Å². The smallest absolute Gasteiger partial charge is 0.342 e. The van der Waals surface area contributed by atoms with E-state index in [1.165, 1.54) is 65.6 Å². The molecule has 0 spiro atoms. The lowest BCUT2D eigenvalue weighted by Gasteiger charge is -2.38. The normalized spacial score (nSPS) is 27.4. The van der Waals surface area contributed by atoms with E-state index in [9.17, 15) is 50.0 Å². The fourth-order valence-electron chi connectivity index (χ4n) is 9.21. The SMILES string of the molecule is CO[C@H]1C=CO[C@@]2(C)Oc3c(C)c(O)c4c(O)c(c(C=NN5CCN(CCn6c([N+](=O)[O-])cnc6C)CC5)c(O)c4c3C2=O)NC(=O)C(C)=CC=C[C@H](C)[C@H](O)[C@@H](C)[C@@H](O)[C@@H](C)[C@H](OC(C)=O)[C@@H]1C. The molecule has 0 radical (unpaired) electrons. The Morgan fingerprint density at radius 3 is 2.30 bits per heavy atom. The molecule has 21 nitrogen and oxygen atoms in total. The number of fused-ring (bicyclic) bond motifs is 14. The number of aromatic nitrogens is 2. The van der Waals surface area contributed by atoms with Crippen LogP contribution in [0.2, 0.25) is 0 Å². The zero-order chi connectivity index (χ0) is 50.8. The number of ether oxygens (including phenoxy) is 4. The van der Waals surface area contributed by atoms with Crippen LogP contribution in [0.25, 0.3) is 10.8 Å². The number of piperazine rings is 1. The van der Waals surface area contributed by atoms with Gasteiger partial charge in [-0.25, -0.2) is 9.55 Å². The number of Topliss-reactive ketones (excluding diaryl/α,β-unsaturated/α-hetero) is 1. The van der Waals surface area contributed by atoms with Gasteiger partial charge in [0.15, 0.2) is 11.6 Å². The first-order valence-corrected chi connectivity index (χ1v) is 22.8. The molecule has 1 amide bonds. The molecule has 374 valence electrons. The van der Waals surface area contributed by atoms with E-state index in [1.54, 1.807) is 56.3 Å². The van der Waals surface area contributed by atoms with Gasteiger partial charge in [0.25, 0.3) is 11.7 Å². The number of allylic oxidation sites excluding steroid dienone is 2. The van der Waals surface area contributed by atoms with Crippen molar-refractivity contribution in [2.24, 2.45) is 28.8 Å². The maximum atomic E-state index is 14.6. The Kier molecular flexibility index (Phi) is 15.8. The minimum atomic E-state index is -2.10. The van der Waals surface area contributed by atoms with Crippen molar-refractivity contribution in [2.45, 2.75) is 99.1 Å². The van der Waals surface area contributed by atoms with Gasteiger partial charge in [0.05, 0.1) is 53.0 Å². The van der Waals surface area contributed by atoms with Gasteiger partial charge < -0.3 is 59.9 Å². The summed E-state index contributed by atoms with van der Waals surface area (Å²) in [6.45, 7) is 16.7. The van der Waals surface area contributed by atoms with E-state index in [0.29, 0.717) is 45.1 Å². The summed E-state index contributed by atoms with van der Waals surface area (Å²) in [7, 11) is 1.42.